The van der Waals surface area contributed by atoms with Crippen LogP contribution in [-0.4, -0.2) is 27.7 Å². The van der Waals surface area contributed by atoms with Gasteiger partial charge in [0.15, 0.2) is 0 Å². The number of carbonyl (C=O) groups is 2. The molecule has 1 aliphatic rings. The molecule has 1 fully saturated rings. The molecule has 1 unspecified atom stereocenters. The van der Waals surface area contributed by atoms with Crippen molar-refractivity contribution in [2.24, 2.45) is 0 Å². The number of phenolic OH excluding ortho intramolecular Hbond substituents is 1. The van der Waals surface area contributed by atoms with Gasteiger partial charge in [-0.3, -0.25) is 15.0 Å². The number of thioether (sulfide) groups is 1. The maximum Gasteiger partial charge on any atom is 0.273 e. The lowest BCUT2D eigenvalue weighted by Gasteiger charge is -2.25. The summed E-state index contributed by atoms with van der Waals surface area (Å²) in [5.74, 6) is -2.67. The Hall–Kier alpha value is -2.91. The zero-order valence-corrected chi connectivity index (χ0v) is 18.2. The van der Waals surface area contributed by atoms with Crippen LogP contribution in [0.3, 0.4) is 0 Å². The van der Waals surface area contributed by atoms with Crippen LogP contribution < -0.4 is 5.43 Å². The molecule has 5 nitrogen and oxygen atoms in total. The minimum atomic E-state index is -0.794. The molecule has 0 spiro atoms. The van der Waals surface area contributed by atoms with Gasteiger partial charge in [0.1, 0.15) is 22.8 Å². The number of amides is 2. The summed E-state index contributed by atoms with van der Waals surface area (Å²) in [4.78, 5) is 25.3. The first-order valence-corrected chi connectivity index (χ1v) is 11.0. The first-order chi connectivity index (χ1) is 14.8. The number of benzene rings is 3. The zero-order valence-electron chi connectivity index (χ0n) is 15.8. The second-order valence-corrected chi connectivity index (χ2v) is 8.76. The third-order valence-corrected chi connectivity index (χ3v) is 6.41. The number of rotatable bonds is 4. The van der Waals surface area contributed by atoms with Gasteiger partial charge < -0.3 is 5.11 Å². The molecule has 158 valence electrons. The molecule has 1 heterocycles. The standard InChI is InChI=1S/C22H15BrF2N2O3S/c23-14-3-1-2-13(8-14)22-27(20(29)11-31-22)26-21(30)17-9-12(4-7-19(17)28)16-6-5-15(24)10-18(16)25/h1-10,22,28H,11H2,(H,26,30). The summed E-state index contributed by atoms with van der Waals surface area (Å²) in [7, 11) is 0. The molecule has 0 aliphatic carbocycles. The Balaban J connectivity index is 1.62. The fourth-order valence-electron chi connectivity index (χ4n) is 3.23. The highest BCUT2D eigenvalue weighted by Crippen LogP contribution is 2.38. The highest BCUT2D eigenvalue weighted by molar-refractivity contribution is 9.10. The Labute approximate surface area is 189 Å². The molecule has 2 amide bonds. The van der Waals surface area contributed by atoms with Crippen molar-refractivity contribution in [2.45, 2.75) is 5.37 Å². The van der Waals surface area contributed by atoms with E-state index < -0.39 is 22.9 Å². The van der Waals surface area contributed by atoms with Gasteiger partial charge in [-0.25, -0.2) is 13.8 Å². The Kier molecular flexibility index (Phi) is 5.97. The third kappa shape index (κ3) is 4.42. The van der Waals surface area contributed by atoms with Crippen LogP contribution in [0.25, 0.3) is 11.1 Å². The van der Waals surface area contributed by atoms with Crippen molar-refractivity contribution in [3.8, 4) is 16.9 Å². The minimum Gasteiger partial charge on any atom is -0.507 e. The molecule has 1 aliphatic heterocycles. The number of phenols is 1. The number of nitrogens with one attached hydrogen (secondary N) is 1. The molecular formula is C22H15BrF2N2O3S. The van der Waals surface area contributed by atoms with E-state index in [1.807, 2.05) is 24.3 Å². The van der Waals surface area contributed by atoms with Crippen molar-refractivity contribution in [3.63, 3.8) is 0 Å². The summed E-state index contributed by atoms with van der Waals surface area (Å²) in [6.45, 7) is 0. The van der Waals surface area contributed by atoms with Crippen molar-refractivity contribution in [1.29, 1.82) is 0 Å². The maximum absolute atomic E-state index is 14.2. The summed E-state index contributed by atoms with van der Waals surface area (Å²) in [6, 6.07) is 14.4. The molecular weight excluding hydrogens is 490 g/mol. The molecule has 1 saturated heterocycles. The number of nitrogens with zero attached hydrogens (tertiary/aromatic N) is 1. The molecule has 31 heavy (non-hydrogen) atoms. The van der Waals surface area contributed by atoms with Gasteiger partial charge in [0, 0.05) is 16.1 Å². The SMILES string of the molecule is O=C(NN1C(=O)CSC1c1cccc(Br)c1)c1cc(-c2ccc(F)cc2F)ccc1O. The monoisotopic (exact) mass is 504 g/mol. The van der Waals surface area contributed by atoms with Gasteiger partial charge in [0.25, 0.3) is 11.8 Å². The van der Waals surface area contributed by atoms with Crippen molar-refractivity contribution >= 4 is 39.5 Å². The molecule has 2 N–H and O–H groups in total. The first kappa shape index (κ1) is 21.3. The average Bonchev–Trinajstić information content (AvgIpc) is 3.09. The number of halogens is 3. The van der Waals surface area contributed by atoms with Crippen LogP contribution in [0.5, 0.6) is 5.75 Å². The minimum absolute atomic E-state index is 0.0790. The van der Waals surface area contributed by atoms with Crippen molar-refractivity contribution in [1.82, 2.24) is 10.4 Å². The molecule has 0 saturated carbocycles. The molecule has 0 aromatic heterocycles. The molecule has 3 aromatic rings. The quantitative estimate of drug-likeness (QED) is 0.523. The molecule has 1 atom stereocenters. The van der Waals surface area contributed by atoms with E-state index in [0.29, 0.717) is 0 Å². The number of carbonyl (C=O) groups excluding carboxylic acids is 2. The van der Waals surface area contributed by atoms with E-state index in [1.54, 1.807) is 0 Å². The van der Waals surface area contributed by atoms with Crippen molar-refractivity contribution < 1.29 is 23.5 Å². The predicted molar refractivity (Wildman–Crippen MR) is 117 cm³/mol. The van der Waals surface area contributed by atoms with Crippen LogP contribution in [0.15, 0.2) is 65.1 Å². The van der Waals surface area contributed by atoms with Crippen LogP contribution in [0.2, 0.25) is 0 Å². The summed E-state index contributed by atoms with van der Waals surface area (Å²) in [5, 5.41) is 11.0. The largest absolute Gasteiger partial charge is 0.507 e. The lowest BCUT2D eigenvalue weighted by molar-refractivity contribution is -0.130. The van der Waals surface area contributed by atoms with Gasteiger partial charge in [-0.15, -0.1) is 11.8 Å². The van der Waals surface area contributed by atoms with E-state index in [0.717, 1.165) is 22.2 Å². The normalized spacial score (nSPS) is 15.9. The third-order valence-electron chi connectivity index (χ3n) is 4.71. The lowest BCUT2D eigenvalue weighted by Crippen LogP contribution is -2.44. The lowest BCUT2D eigenvalue weighted by atomic mass is 10.0. The highest BCUT2D eigenvalue weighted by Gasteiger charge is 2.35. The number of aromatic hydroxyl groups is 1. The van der Waals surface area contributed by atoms with Crippen LogP contribution in [-0.2, 0) is 4.79 Å². The van der Waals surface area contributed by atoms with E-state index in [9.17, 15) is 23.5 Å². The Morgan fingerprint density at radius 2 is 1.94 bits per heavy atom. The fourth-order valence-corrected chi connectivity index (χ4v) is 4.75. The summed E-state index contributed by atoms with van der Waals surface area (Å²) < 4.78 is 28.2. The second-order valence-electron chi connectivity index (χ2n) is 6.78. The van der Waals surface area contributed by atoms with Gasteiger partial charge in [-0.05, 0) is 47.5 Å². The molecule has 9 heteroatoms. The van der Waals surface area contributed by atoms with E-state index >= 15 is 0 Å². The van der Waals surface area contributed by atoms with Crippen molar-refractivity contribution in [2.75, 3.05) is 5.75 Å². The summed E-state index contributed by atoms with van der Waals surface area (Å²) >= 11 is 4.75. The predicted octanol–water partition coefficient (Wildman–Crippen LogP) is 5.02. The Morgan fingerprint density at radius 1 is 1.13 bits per heavy atom. The van der Waals surface area contributed by atoms with Crippen LogP contribution in [0.4, 0.5) is 8.78 Å². The van der Waals surface area contributed by atoms with Crippen molar-refractivity contribution in [3.05, 3.63) is 87.9 Å². The second kappa shape index (κ2) is 8.68. The van der Waals surface area contributed by atoms with Gasteiger partial charge in [0.2, 0.25) is 0 Å². The van der Waals surface area contributed by atoms with E-state index in [-0.39, 0.29) is 34.1 Å². The van der Waals surface area contributed by atoms with Crippen LogP contribution >= 0.6 is 27.7 Å². The van der Waals surface area contributed by atoms with Crippen LogP contribution in [0, 0.1) is 11.6 Å². The van der Waals surface area contributed by atoms with E-state index in [2.05, 4.69) is 21.4 Å². The topological polar surface area (TPSA) is 69.6 Å². The maximum atomic E-state index is 14.2. The zero-order chi connectivity index (χ0) is 22.1. The number of hydrazine groups is 1. The Morgan fingerprint density at radius 3 is 2.68 bits per heavy atom. The number of hydrogen-bond acceptors (Lipinski definition) is 4. The van der Waals surface area contributed by atoms with Gasteiger partial charge >= 0.3 is 0 Å². The molecule has 4 rings (SSSR count). The van der Waals surface area contributed by atoms with E-state index in [4.69, 9.17) is 0 Å². The molecule has 3 aromatic carbocycles. The first-order valence-electron chi connectivity index (χ1n) is 9.12. The average molecular weight is 505 g/mol. The van der Waals surface area contributed by atoms with Gasteiger partial charge in [0.05, 0.1) is 11.3 Å². The number of hydrogen-bond donors (Lipinski definition) is 2. The van der Waals surface area contributed by atoms with Crippen LogP contribution in [0.1, 0.15) is 21.3 Å². The molecule has 0 bridgehead atoms. The highest BCUT2D eigenvalue weighted by atomic mass is 79.9. The smallest absolute Gasteiger partial charge is 0.273 e. The molecule has 0 radical (unpaired) electrons. The summed E-state index contributed by atoms with van der Waals surface area (Å²) in [5.41, 5.74) is 3.59. The van der Waals surface area contributed by atoms with Gasteiger partial charge in [-0.2, -0.15) is 0 Å². The fraction of sp³-hybridized carbons (Fsp3) is 0.0909. The van der Waals surface area contributed by atoms with Gasteiger partial charge in [-0.1, -0.05) is 34.1 Å². The Bertz CT molecular complexity index is 1190. The van der Waals surface area contributed by atoms with E-state index in [1.165, 1.54) is 41.0 Å². The summed E-state index contributed by atoms with van der Waals surface area (Å²) in [6.07, 6.45) is 0.